The molecule has 0 saturated carbocycles. The fourth-order valence-electron chi connectivity index (χ4n) is 2.72. The maximum Gasteiger partial charge on any atom is 0.146 e. The molecule has 0 atom stereocenters. The van der Waals surface area contributed by atoms with Gasteiger partial charge in [0.25, 0.3) is 0 Å². The van der Waals surface area contributed by atoms with E-state index in [-0.39, 0.29) is 0 Å². The zero-order valence-electron chi connectivity index (χ0n) is 14.7. The van der Waals surface area contributed by atoms with Crippen LogP contribution in [0.2, 0.25) is 5.02 Å². The van der Waals surface area contributed by atoms with Gasteiger partial charge in [-0.2, -0.15) is 0 Å². The summed E-state index contributed by atoms with van der Waals surface area (Å²) in [5.74, 6) is 0.430. The Balaban J connectivity index is 2.09. The Bertz CT molecular complexity index is 956. The average molecular weight is 369 g/mol. The van der Waals surface area contributed by atoms with Gasteiger partial charge < -0.3 is 21.0 Å². The quantitative estimate of drug-likeness (QED) is 0.576. The molecule has 0 aliphatic rings. The van der Waals surface area contributed by atoms with Crippen LogP contribution in [-0.2, 0) is 6.54 Å². The molecule has 3 rings (SSSR count). The monoisotopic (exact) mass is 368 g/mol. The van der Waals surface area contributed by atoms with Gasteiger partial charge in [0, 0.05) is 40.8 Å². The smallest absolute Gasteiger partial charge is 0.146 e. The van der Waals surface area contributed by atoms with Gasteiger partial charge in [0.05, 0.1) is 11.9 Å². The van der Waals surface area contributed by atoms with E-state index in [0.717, 1.165) is 27.7 Å². The first-order valence-electron chi connectivity index (χ1n) is 8.30. The molecule has 0 radical (unpaired) electrons. The van der Waals surface area contributed by atoms with Crippen molar-refractivity contribution in [2.24, 2.45) is 0 Å². The molecule has 2 heterocycles. The largest absolute Gasteiger partial charge is 0.388 e. The molecule has 0 fully saturated rings. The summed E-state index contributed by atoms with van der Waals surface area (Å²) in [6, 6.07) is 7.88. The molecule has 0 saturated heterocycles. The van der Waals surface area contributed by atoms with Crippen molar-refractivity contribution >= 4 is 34.7 Å². The lowest BCUT2D eigenvalue weighted by atomic mass is 10.1. The first-order valence-corrected chi connectivity index (χ1v) is 8.68. The minimum Gasteiger partial charge on any atom is -0.388 e. The van der Waals surface area contributed by atoms with Gasteiger partial charge in [-0.1, -0.05) is 23.7 Å². The highest BCUT2D eigenvalue weighted by Crippen LogP contribution is 2.33. The van der Waals surface area contributed by atoms with Crippen LogP contribution in [0.5, 0.6) is 0 Å². The topological polar surface area (TPSA) is 92.6 Å². The predicted molar refractivity (Wildman–Crippen MR) is 108 cm³/mol. The van der Waals surface area contributed by atoms with E-state index in [9.17, 15) is 0 Å². The number of benzene rings is 1. The SMILES string of the molecule is CC(C)N/C=C(\C=N)Cn1cc(-c2ccc(Cl)cc2)c2c(N)ncnc21. The van der Waals surface area contributed by atoms with E-state index in [2.05, 4.69) is 29.1 Å². The average Bonchev–Trinajstić information content (AvgIpc) is 2.99. The third-order valence-electron chi connectivity index (χ3n) is 3.98. The highest BCUT2D eigenvalue weighted by molar-refractivity contribution is 6.30. The van der Waals surface area contributed by atoms with Crippen LogP contribution in [0.15, 0.2) is 48.6 Å². The van der Waals surface area contributed by atoms with E-state index in [0.29, 0.717) is 23.4 Å². The van der Waals surface area contributed by atoms with Crippen molar-refractivity contribution in [1.29, 1.82) is 5.41 Å². The molecule has 0 spiro atoms. The van der Waals surface area contributed by atoms with Gasteiger partial charge in [0.15, 0.2) is 0 Å². The molecule has 26 heavy (non-hydrogen) atoms. The Morgan fingerprint density at radius 1 is 1.31 bits per heavy atom. The number of fused-ring (bicyclic) bond motifs is 1. The third kappa shape index (κ3) is 3.70. The standard InChI is InChI=1S/C19H21ClN6/c1-12(2)23-8-13(7-21)9-26-10-16(14-3-5-15(20)6-4-14)17-18(22)24-11-25-19(17)26/h3-8,10-12,21,23H,9H2,1-2H3,(H2,22,24,25)/b13-8+,21-7?. The second-order valence-electron chi connectivity index (χ2n) is 6.32. The number of halogens is 1. The molecule has 0 aliphatic carbocycles. The first-order chi connectivity index (χ1) is 12.5. The number of hydrogen-bond donors (Lipinski definition) is 3. The maximum atomic E-state index is 7.68. The van der Waals surface area contributed by atoms with Crippen LogP contribution >= 0.6 is 11.6 Å². The number of rotatable bonds is 6. The molecular weight excluding hydrogens is 348 g/mol. The Labute approximate surface area is 157 Å². The molecule has 4 N–H and O–H groups in total. The summed E-state index contributed by atoms with van der Waals surface area (Å²) in [6.45, 7) is 4.61. The summed E-state index contributed by atoms with van der Waals surface area (Å²) in [7, 11) is 0. The van der Waals surface area contributed by atoms with Crippen molar-refractivity contribution in [3.63, 3.8) is 0 Å². The fourth-order valence-corrected chi connectivity index (χ4v) is 2.85. The van der Waals surface area contributed by atoms with Crippen LogP contribution in [0.3, 0.4) is 0 Å². The van der Waals surface area contributed by atoms with Gasteiger partial charge >= 0.3 is 0 Å². The summed E-state index contributed by atoms with van der Waals surface area (Å²) >= 11 is 6.01. The van der Waals surface area contributed by atoms with Crippen molar-refractivity contribution < 1.29 is 0 Å². The maximum absolute atomic E-state index is 7.68. The van der Waals surface area contributed by atoms with Crippen molar-refractivity contribution in [2.45, 2.75) is 26.4 Å². The fraction of sp³-hybridized carbons (Fsp3) is 0.211. The Morgan fingerprint density at radius 3 is 2.69 bits per heavy atom. The Kier molecular flexibility index (Phi) is 5.23. The van der Waals surface area contributed by atoms with Gasteiger partial charge in [-0.25, -0.2) is 9.97 Å². The number of anilines is 1. The van der Waals surface area contributed by atoms with Gasteiger partial charge in [0.1, 0.15) is 17.8 Å². The van der Waals surface area contributed by atoms with Crippen LogP contribution in [0.25, 0.3) is 22.2 Å². The van der Waals surface area contributed by atoms with Crippen LogP contribution in [0.4, 0.5) is 5.82 Å². The van der Waals surface area contributed by atoms with Crippen molar-refractivity contribution in [2.75, 3.05) is 5.73 Å². The molecule has 0 aliphatic heterocycles. The van der Waals surface area contributed by atoms with Crippen molar-refractivity contribution in [3.8, 4) is 11.1 Å². The van der Waals surface area contributed by atoms with Crippen LogP contribution in [-0.4, -0.2) is 26.8 Å². The lowest BCUT2D eigenvalue weighted by molar-refractivity contribution is 0.694. The molecule has 3 aromatic rings. The highest BCUT2D eigenvalue weighted by atomic mass is 35.5. The molecule has 1 aromatic carbocycles. The number of hydrogen-bond acceptors (Lipinski definition) is 5. The number of nitrogens with one attached hydrogen (secondary N) is 2. The van der Waals surface area contributed by atoms with E-state index >= 15 is 0 Å². The number of nitrogens with zero attached hydrogens (tertiary/aromatic N) is 3. The van der Waals surface area contributed by atoms with Crippen molar-refractivity contribution in [3.05, 3.63) is 53.6 Å². The summed E-state index contributed by atoms with van der Waals surface area (Å²) in [5.41, 5.74) is 9.63. The molecular formula is C19H21ClN6. The minimum absolute atomic E-state index is 0.300. The second kappa shape index (κ2) is 7.58. The summed E-state index contributed by atoms with van der Waals surface area (Å²) in [4.78, 5) is 8.55. The molecule has 0 amide bonds. The number of aromatic nitrogens is 3. The first kappa shape index (κ1) is 17.9. The molecule has 134 valence electrons. The van der Waals surface area contributed by atoms with E-state index in [1.807, 2.05) is 41.2 Å². The van der Waals surface area contributed by atoms with Crippen LogP contribution in [0, 0.1) is 5.41 Å². The molecule has 7 heteroatoms. The normalized spacial score (nSPS) is 11.9. The van der Waals surface area contributed by atoms with E-state index < -0.39 is 0 Å². The molecule has 6 nitrogen and oxygen atoms in total. The van der Waals surface area contributed by atoms with E-state index in [1.54, 1.807) is 0 Å². The number of nitrogens with two attached hydrogens (primary N) is 1. The third-order valence-corrected chi connectivity index (χ3v) is 4.23. The van der Waals surface area contributed by atoms with Crippen LogP contribution < -0.4 is 11.1 Å². The summed E-state index contributed by atoms with van der Waals surface area (Å²) in [6.07, 6.45) is 6.65. The molecule has 2 aromatic heterocycles. The zero-order valence-corrected chi connectivity index (χ0v) is 15.5. The minimum atomic E-state index is 0.300. The van der Waals surface area contributed by atoms with Crippen LogP contribution in [0.1, 0.15) is 13.8 Å². The lowest BCUT2D eigenvalue weighted by Gasteiger charge is -2.08. The van der Waals surface area contributed by atoms with Gasteiger partial charge in [-0.05, 0) is 31.5 Å². The highest BCUT2D eigenvalue weighted by Gasteiger charge is 2.15. The Morgan fingerprint density at radius 2 is 2.04 bits per heavy atom. The zero-order chi connectivity index (χ0) is 18.7. The number of allylic oxidation sites excluding steroid dienone is 1. The van der Waals surface area contributed by atoms with E-state index in [1.165, 1.54) is 12.5 Å². The van der Waals surface area contributed by atoms with Gasteiger partial charge in [-0.15, -0.1) is 0 Å². The Hall–Kier alpha value is -2.86. The van der Waals surface area contributed by atoms with Gasteiger partial charge in [0.2, 0.25) is 0 Å². The summed E-state index contributed by atoms with van der Waals surface area (Å²) in [5, 5.41) is 12.4. The lowest BCUT2D eigenvalue weighted by Crippen LogP contribution is -2.17. The number of nitrogen functional groups attached to an aromatic ring is 1. The van der Waals surface area contributed by atoms with Crippen molar-refractivity contribution in [1.82, 2.24) is 19.9 Å². The van der Waals surface area contributed by atoms with Gasteiger partial charge in [-0.3, -0.25) is 0 Å². The molecule has 0 bridgehead atoms. The predicted octanol–water partition coefficient (Wildman–Crippen LogP) is 3.87. The molecule has 0 unspecified atom stereocenters. The second-order valence-corrected chi connectivity index (χ2v) is 6.76. The summed E-state index contributed by atoms with van der Waals surface area (Å²) < 4.78 is 1.98. The van der Waals surface area contributed by atoms with E-state index in [4.69, 9.17) is 22.7 Å².